The van der Waals surface area contributed by atoms with Gasteiger partial charge < -0.3 is 18.9 Å². The third-order valence-corrected chi connectivity index (χ3v) is 2.69. The second kappa shape index (κ2) is 15.5. The van der Waals surface area contributed by atoms with Gasteiger partial charge in [0.25, 0.3) is 0 Å². The Morgan fingerprint density at radius 3 is 2.00 bits per heavy atom. The Bertz CT molecular complexity index is 368. The van der Waals surface area contributed by atoms with E-state index in [2.05, 4.69) is 0 Å². The summed E-state index contributed by atoms with van der Waals surface area (Å²) in [5.41, 5.74) is 0. The molecule has 0 saturated carbocycles. The number of hydrogen-bond donors (Lipinski definition) is 0. The molecule has 5 heteroatoms. The number of carbonyl (C=O) groups excluding carboxylic acids is 1. The standard InChI is InChI=1S/C18H30O5/c1-5-20-16(15-18(22-7-3)23-8-4)13-11-9-10-12-14-17(19)21-6-2/h9-14,16,18H,5-8,15H2,1-4H3. The highest BCUT2D eigenvalue weighted by Gasteiger charge is 2.14. The van der Waals surface area contributed by atoms with Gasteiger partial charge >= 0.3 is 5.97 Å². The third-order valence-electron chi connectivity index (χ3n) is 2.69. The van der Waals surface area contributed by atoms with E-state index in [1.807, 2.05) is 39.0 Å². The van der Waals surface area contributed by atoms with Crippen molar-refractivity contribution in [2.24, 2.45) is 0 Å². The molecule has 0 saturated heterocycles. The molecule has 0 aromatic carbocycles. The van der Waals surface area contributed by atoms with Crippen LogP contribution in [0.5, 0.6) is 0 Å². The Morgan fingerprint density at radius 2 is 1.43 bits per heavy atom. The number of rotatable bonds is 13. The minimum absolute atomic E-state index is 0.0817. The van der Waals surface area contributed by atoms with E-state index in [1.54, 1.807) is 19.1 Å². The van der Waals surface area contributed by atoms with Gasteiger partial charge in [-0.15, -0.1) is 0 Å². The molecular formula is C18H30O5. The van der Waals surface area contributed by atoms with E-state index in [0.717, 1.165) is 0 Å². The molecule has 5 nitrogen and oxygen atoms in total. The zero-order chi connectivity index (χ0) is 17.3. The van der Waals surface area contributed by atoms with E-state index in [-0.39, 0.29) is 18.4 Å². The van der Waals surface area contributed by atoms with Crippen molar-refractivity contribution in [3.63, 3.8) is 0 Å². The van der Waals surface area contributed by atoms with Crippen LogP contribution in [0.25, 0.3) is 0 Å². The van der Waals surface area contributed by atoms with Crippen LogP contribution in [0.15, 0.2) is 36.5 Å². The zero-order valence-electron chi connectivity index (χ0n) is 14.7. The van der Waals surface area contributed by atoms with Crippen LogP contribution in [0.1, 0.15) is 34.1 Å². The lowest BCUT2D eigenvalue weighted by molar-refractivity contribution is -0.152. The van der Waals surface area contributed by atoms with Gasteiger partial charge in [-0.25, -0.2) is 4.79 Å². The fourth-order valence-electron chi connectivity index (χ4n) is 1.80. The van der Waals surface area contributed by atoms with Crippen molar-refractivity contribution in [1.82, 2.24) is 0 Å². The number of carbonyl (C=O) groups is 1. The van der Waals surface area contributed by atoms with Crippen LogP contribution in [0.4, 0.5) is 0 Å². The summed E-state index contributed by atoms with van der Waals surface area (Å²) < 4.78 is 21.5. The molecule has 0 amide bonds. The number of esters is 1. The van der Waals surface area contributed by atoms with Crippen molar-refractivity contribution >= 4 is 5.97 Å². The lowest BCUT2D eigenvalue weighted by atomic mass is 10.2. The van der Waals surface area contributed by atoms with Crippen LogP contribution in [0.2, 0.25) is 0 Å². The number of allylic oxidation sites excluding steroid dienone is 4. The van der Waals surface area contributed by atoms with Crippen molar-refractivity contribution in [2.45, 2.75) is 46.5 Å². The minimum Gasteiger partial charge on any atom is -0.463 e. The summed E-state index contributed by atoms with van der Waals surface area (Å²) >= 11 is 0. The van der Waals surface area contributed by atoms with E-state index < -0.39 is 0 Å². The molecule has 1 unspecified atom stereocenters. The maximum atomic E-state index is 11.1. The topological polar surface area (TPSA) is 54.0 Å². The van der Waals surface area contributed by atoms with Crippen molar-refractivity contribution < 1.29 is 23.7 Å². The van der Waals surface area contributed by atoms with Gasteiger partial charge in [-0.05, 0) is 27.7 Å². The maximum Gasteiger partial charge on any atom is 0.330 e. The van der Waals surface area contributed by atoms with Gasteiger partial charge in [0.1, 0.15) is 0 Å². The van der Waals surface area contributed by atoms with Crippen molar-refractivity contribution in [1.29, 1.82) is 0 Å². The summed E-state index contributed by atoms with van der Waals surface area (Å²) in [7, 11) is 0. The number of ether oxygens (including phenoxy) is 4. The van der Waals surface area contributed by atoms with Gasteiger partial charge in [-0.1, -0.05) is 30.4 Å². The molecule has 0 aromatic rings. The van der Waals surface area contributed by atoms with Crippen molar-refractivity contribution in [3.05, 3.63) is 36.5 Å². The lowest BCUT2D eigenvalue weighted by Gasteiger charge is -2.21. The molecule has 0 rings (SSSR count). The Hall–Kier alpha value is -1.43. The predicted molar refractivity (Wildman–Crippen MR) is 91.1 cm³/mol. The molecular weight excluding hydrogens is 296 g/mol. The van der Waals surface area contributed by atoms with E-state index in [1.165, 1.54) is 6.08 Å². The summed E-state index contributed by atoms with van der Waals surface area (Å²) in [5, 5.41) is 0. The largest absolute Gasteiger partial charge is 0.463 e. The average Bonchev–Trinajstić information content (AvgIpc) is 2.51. The minimum atomic E-state index is -0.343. The zero-order valence-corrected chi connectivity index (χ0v) is 14.7. The van der Waals surface area contributed by atoms with Gasteiger partial charge in [0, 0.05) is 32.3 Å². The van der Waals surface area contributed by atoms with E-state index in [4.69, 9.17) is 18.9 Å². The molecule has 0 fully saturated rings. The second-order valence-corrected chi connectivity index (χ2v) is 4.45. The fraction of sp³-hybridized carbons (Fsp3) is 0.611. The molecule has 0 bridgehead atoms. The smallest absolute Gasteiger partial charge is 0.330 e. The molecule has 0 aromatic heterocycles. The molecule has 0 spiro atoms. The van der Waals surface area contributed by atoms with E-state index in [9.17, 15) is 4.79 Å². The first-order valence-electron chi connectivity index (χ1n) is 8.20. The Labute approximate surface area is 139 Å². The molecule has 0 aliphatic rings. The van der Waals surface area contributed by atoms with Crippen LogP contribution in [-0.2, 0) is 23.7 Å². The second-order valence-electron chi connectivity index (χ2n) is 4.45. The Balaban J connectivity index is 4.40. The highest BCUT2D eigenvalue weighted by atomic mass is 16.7. The molecule has 1 atom stereocenters. The molecule has 0 radical (unpaired) electrons. The summed E-state index contributed by atoms with van der Waals surface area (Å²) in [6.45, 7) is 9.81. The molecule has 0 aliphatic carbocycles. The van der Waals surface area contributed by atoms with Crippen LogP contribution in [-0.4, -0.2) is 44.8 Å². The van der Waals surface area contributed by atoms with Gasteiger partial charge in [-0.2, -0.15) is 0 Å². The van der Waals surface area contributed by atoms with Crippen LogP contribution in [0, 0.1) is 0 Å². The third kappa shape index (κ3) is 12.8. The highest BCUT2D eigenvalue weighted by molar-refractivity contribution is 5.82. The summed E-state index contributed by atoms with van der Waals surface area (Å²) in [4.78, 5) is 11.1. The first kappa shape index (κ1) is 21.6. The van der Waals surface area contributed by atoms with Gasteiger partial charge in [-0.3, -0.25) is 0 Å². The summed E-state index contributed by atoms with van der Waals surface area (Å²) in [6.07, 6.45) is 10.7. The van der Waals surface area contributed by atoms with Crippen LogP contribution >= 0.6 is 0 Å². The normalized spacial score (nSPS) is 13.6. The van der Waals surface area contributed by atoms with E-state index >= 15 is 0 Å². The fourth-order valence-corrected chi connectivity index (χ4v) is 1.80. The predicted octanol–water partition coefficient (Wildman–Crippen LogP) is 3.41. The Morgan fingerprint density at radius 1 is 0.826 bits per heavy atom. The van der Waals surface area contributed by atoms with Gasteiger partial charge in [0.15, 0.2) is 6.29 Å². The highest BCUT2D eigenvalue weighted by Crippen LogP contribution is 2.10. The monoisotopic (exact) mass is 326 g/mol. The first-order valence-corrected chi connectivity index (χ1v) is 8.20. The summed E-state index contributed by atoms with van der Waals surface area (Å²) in [6, 6.07) is 0. The van der Waals surface area contributed by atoms with Crippen LogP contribution in [0.3, 0.4) is 0 Å². The molecule has 132 valence electrons. The van der Waals surface area contributed by atoms with Crippen molar-refractivity contribution in [3.8, 4) is 0 Å². The van der Waals surface area contributed by atoms with Crippen LogP contribution < -0.4 is 0 Å². The molecule has 0 aliphatic heterocycles. The lowest BCUT2D eigenvalue weighted by Crippen LogP contribution is -2.24. The van der Waals surface area contributed by atoms with Crippen molar-refractivity contribution in [2.75, 3.05) is 26.4 Å². The summed E-state index contributed by atoms with van der Waals surface area (Å²) in [5.74, 6) is -0.343. The SMILES string of the molecule is CCOC(=O)C=CC=CC=CC(CC(OCC)OCC)OCC. The first-order chi connectivity index (χ1) is 11.2. The van der Waals surface area contributed by atoms with E-state index in [0.29, 0.717) is 32.8 Å². The average molecular weight is 326 g/mol. The quantitative estimate of drug-likeness (QED) is 0.225. The van der Waals surface area contributed by atoms with Gasteiger partial charge in [0.05, 0.1) is 12.7 Å². The molecule has 0 N–H and O–H groups in total. The maximum absolute atomic E-state index is 11.1. The molecule has 0 heterocycles. The number of hydrogen-bond acceptors (Lipinski definition) is 5. The van der Waals surface area contributed by atoms with Gasteiger partial charge in [0.2, 0.25) is 0 Å². The molecule has 23 heavy (non-hydrogen) atoms. The Kier molecular flexibility index (Phi) is 14.5.